The number of aromatic nitrogens is 2. The molecule has 112 valence electrons. The molecule has 0 aliphatic carbocycles. The van der Waals surface area contributed by atoms with Crippen LogP contribution in [-0.4, -0.2) is 39.7 Å². The Kier molecular flexibility index (Phi) is 4.48. The molecule has 1 aliphatic rings. The van der Waals surface area contributed by atoms with Gasteiger partial charge in [0.2, 0.25) is 5.91 Å². The molecule has 1 saturated heterocycles. The summed E-state index contributed by atoms with van der Waals surface area (Å²) < 4.78 is 1.80. The summed E-state index contributed by atoms with van der Waals surface area (Å²) in [6.45, 7) is 10.2. The van der Waals surface area contributed by atoms with Gasteiger partial charge in [-0.05, 0) is 52.6 Å². The molecule has 1 N–H and O–H groups in total. The molecular weight excluding hydrogens is 252 g/mol. The van der Waals surface area contributed by atoms with Crippen LogP contribution in [0.3, 0.4) is 0 Å². The van der Waals surface area contributed by atoms with Gasteiger partial charge in [0, 0.05) is 7.05 Å². The zero-order valence-electron chi connectivity index (χ0n) is 13.2. The van der Waals surface area contributed by atoms with E-state index in [1.807, 2.05) is 27.8 Å². The van der Waals surface area contributed by atoms with Gasteiger partial charge in [0.15, 0.2) is 0 Å². The monoisotopic (exact) mass is 278 g/mol. The lowest BCUT2D eigenvalue weighted by atomic mass is 9.98. The Morgan fingerprint density at radius 1 is 1.35 bits per heavy atom. The van der Waals surface area contributed by atoms with Crippen molar-refractivity contribution < 1.29 is 4.79 Å². The van der Waals surface area contributed by atoms with E-state index in [4.69, 9.17) is 0 Å². The maximum absolute atomic E-state index is 12.4. The molecule has 0 bridgehead atoms. The lowest BCUT2D eigenvalue weighted by Crippen LogP contribution is -2.45. The fourth-order valence-corrected chi connectivity index (χ4v) is 2.76. The second-order valence-corrected chi connectivity index (χ2v) is 6.05. The van der Waals surface area contributed by atoms with Gasteiger partial charge in [0.25, 0.3) is 0 Å². The average molecular weight is 278 g/mol. The van der Waals surface area contributed by atoms with Crippen molar-refractivity contribution in [1.82, 2.24) is 14.7 Å². The fraction of sp³-hybridized carbons (Fsp3) is 0.733. The quantitative estimate of drug-likeness (QED) is 0.921. The highest BCUT2D eigenvalue weighted by Gasteiger charge is 2.26. The van der Waals surface area contributed by atoms with Crippen molar-refractivity contribution in [2.45, 2.75) is 46.6 Å². The van der Waals surface area contributed by atoms with Gasteiger partial charge in [-0.3, -0.25) is 14.4 Å². The SMILES string of the molecule is Cc1nn(C)c(C)c1NC(=O)[C@H](C)N1CCC(C)CC1. The van der Waals surface area contributed by atoms with Crippen molar-refractivity contribution in [3.05, 3.63) is 11.4 Å². The first-order valence-corrected chi connectivity index (χ1v) is 7.45. The third-order valence-corrected chi connectivity index (χ3v) is 4.50. The van der Waals surface area contributed by atoms with E-state index >= 15 is 0 Å². The van der Waals surface area contributed by atoms with Gasteiger partial charge in [-0.2, -0.15) is 5.10 Å². The number of likely N-dealkylation sites (tertiary alicyclic amines) is 1. The molecule has 0 spiro atoms. The third kappa shape index (κ3) is 3.03. The minimum atomic E-state index is -0.0819. The number of rotatable bonds is 3. The van der Waals surface area contributed by atoms with Crippen molar-refractivity contribution in [3.63, 3.8) is 0 Å². The summed E-state index contributed by atoms with van der Waals surface area (Å²) in [6.07, 6.45) is 2.37. The third-order valence-electron chi connectivity index (χ3n) is 4.50. The minimum absolute atomic E-state index is 0.0683. The Balaban J connectivity index is 2.01. The molecule has 0 radical (unpaired) electrons. The predicted molar refractivity (Wildman–Crippen MR) is 80.7 cm³/mol. The van der Waals surface area contributed by atoms with Crippen molar-refractivity contribution in [2.75, 3.05) is 18.4 Å². The van der Waals surface area contributed by atoms with Crippen LogP contribution in [0.25, 0.3) is 0 Å². The van der Waals surface area contributed by atoms with Crippen LogP contribution >= 0.6 is 0 Å². The van der Waals surface area contributed by atoms with Crippen LogP contribution in [-0.2, 0) is 11.8 Å². The van der Waals surface area contributed by atoms with E-state index in [0.29, 0.717) is 0 Å². The molecule has 1 aliphatic heterocycles. The highest BCUT2D eigenvalue weighted by molar-refractivity contribution is 5.95. The van der Waals surface area contributed by atoms with E-state index in [2.05, 4.69) is 22.2 Å². The van der Waals surface area contributed by atoms with Crippen LogP contribution in [0.1, 0.15) is 38.1 Å². The van der Waals surface area contributed by atoms with Gasteiger partial charge in [0.1, 0.15) is 0 Å². The van der Waals surface area contributed by atoms with E-state index in [0.717, 1.165) is 36.1 Å². The smallest absolute Gasteiger partial charge is 0.241 e. The van der Waals surface area contributed by atoms with Crippen molar-refractivity contribution in [2.24, 2.45) is 13.0 Å². The summed E-state index contributed by atoms with van der Waals surface area (Å²) >= 11 is 0. The molecule has 2 rings (SSSR count). The number of aryl methyl sites for hydroxylation is 2. The second kappa shape index (κ2) is 5.95. The number of anilines is 1. The lowest BCUT2D eigenvalue weighted by Gasteiger charge is -2.34. The minimum Gasteiger partial charge on any atom is -0.322 e. The molecule has 1 atom stereocenters. The molecule has 1 fully saturated rings. The maximum Gasteiger partial charge on any atom is 0.241 e. The Morgan fingerprint density at radius 3 is 2.45 bits per heavy atom. The summed E-state index contributed by atoms with van der Waals surface area (Å²) in [4.78, 5) is 14.7. The number of hydrogen-bond acceptors (Lipinski definition) is 3. The van der Waals surface area contributed by atoms with Crippen molar-refractivity contribution in [1.29, 1.82) is 0 Å². The summed E-state index contributed by atoms with van der Waals surface area (Å²) in [5.74, 6) is 0.850. The summed E-state index contributed by atoms with van der Waals surface area (Å²) in [5.41, 5.74) is 2.72. The maximum atomic E-state index is 12.4. The van der Waals surface area contributed by atoms with Gasteiger partial charge in [0.05, 0.1) is 23.1 Å². The first-order valence-electron chi connectivity index (χ1n) is 7.45. The number of amides is 1. The fourth-order valence-electron chi connectivity index (χ4n) is 2.76. The highest BCUT2D eigenvalue weighted by atomic mass is 16.2. The largest absolute Gasteiger partial charge is 0.322 e. The summed E-state index contributed by atoms with van der Waals surface area (Å²) in [5, 5.41) is 7.38. The van der Waals surface area contributed by atoms with E-state index < -0.39 is 0 Å². The molecule has 2 heterocycles. The zero-order valence-corrected chi connectivity index (χ0v) is 13.2. The standard InChI is InChI=1S/C15H26N4O/c1-10-6-8-19(9-7-10)13(4)15(20)16-14-11(2)17-18(5)12(14)3/h10,13H,6-9H2,1-5H3,(H,16,20)/t13-/m0/s1. The Morgan fingerprint density at radius 2 is 1.95 bits per heavy atom. The number of nitrogens with zero attached hydrogens (tertiary/aromatic N) is 3. The number of carbonyl (C=O) groups excluding carboxylic acids is 1. The molecular formula is C15H26N4O. The summed E-state index contributed by atoms with van der Waals surface area (Å²) in [6, 6.07) is -0.0819. The van der Waals surface area contributed by atoms with Crippen LogP contribution in [0, 0.1) is 19.8 Å². The Labute approximate surface area is 121 Å². The number of hydrogen-bond donors (Lipinski definition) is 1. The van der Waals surface area contributed by atoms with E-state index in [-0.39, 0.29) is 11.9 Å². The number of nitrogens with one attached hydrogen (secondary N) is 1. The van der Waals surface area contributed by atoms with Crippen molar-refractivity contribution in [3.8, 4) is 0 Å². The molecule has 20 heavy (non-hydrogen) atoms. The zero-order chi connectivity index (χ0) is 14.9. The molecule has 5 heteroatoms. The lowest BCUT2D eigenvalue weighted by molar-refractivity contribution is -0.121. The van der Waals surface area contributed by atoms with Crippen LogP contribution in [0.15, 0.2) is 0 Å². The first kappa shape index (κ1) is 15.0. The van der Waals surface area contributed by atoms with Gasteiger partial charge in [-0.15, -0.1) is 0 Å². The van der Waals surface area contributed by atoms with E-state index in [1.165, 1.54) is 12.8 Å². The van der Waals surface area contributed by atoms with Crippen LogP contribution in [0.2, 0.25) is 0 Å². The average Bonchev–Trinajstić information content (AvgIpc) is 2.65. The Hall–Kier alpha value is -1.36. The molecule has 1 amide bonds. The molecule has 1 aromatic heterocycles. The number of carbonyl (C=O) groups is 1. The molecule has 0 aromatic carbocycles. The normalized spacial score (nSPS) is 19.1. The Bertz CT molecular complexity index is 486. The van der Waals surface area contributed by atoms with Gasteiger partial charge < -0.3 is 5.32 Å². The molecule has 0 saturated carbocycles. The first-order chi connectivity index (χ1) is 9.40. The van der Waals surface area contributed by atoms with Gasteiger partial charge in [-0.25, -0.2) is 0 Å². The number of piperidine rings is 1. The van der Waals surface area contributed by atoms with Gasteiger partial charge in [-0.1, -0.05) is 6.92 Å². The van der Waals surface area contributed by atoms with Crippen LogP contribution in [0.4, 0.5) is 5.69 Å². The molecule has 1 aromatic rings. The van der Waals surface area contributed by atoms with Crippen LogP contribution in [0.5, 0.6) is 0 Å². The topological polar surface area (TPSA) is 50.2 Å². The van der Waals surface area contributed by atoms with E-state index in [1.54, 1.807) is 4.68 Å². The van der Waals surface area contributed by atoms with Crippen molar-refractivity contribution >= 4 is 11.6 Å². The highest BCUT2D eigenvalue weighted by Crippen LogP contribution is 2.21. The summed E-state index contributed by atoms with van der Waals surface area (Å²) in [7, 11) is 1.90. The molecule has 5 nitrogen and oxygen atoms in total. The molecule has 0 unspecified atom stereocenters. The second-order valence-electron chi connectivity index (χ2n) is 6.05. The van der Waals surface area contributed by atoms with Gasteiger partial charge >= 0.3 is 0 Å². The predicted octanol–water partition coefficient (Wildman–Crippen LogP) is 2.10. The van der Waals surface area contributed by atoms with E-state index in [9.17, 15) is 4.79 Å². The van der Waals surface area contributed by atoms with Crippen LogP contribution < -0.4 is 5.32 Å².